The highest BCUT2D eigenvalue weighted by Gasteiger charge is 2.32. The van der Waals surface area contributed by atoms with Crippen LogP contribution in [0.5, 0.6) is 0 Å². The first-order valence-electron chi connectivity index (χ1n) is 9.30. The molecule has 2 aromatic rings. The van der Waals surface area contributed by atoms with Gasteiger partial charge in [0.25, 0.3) is 0 Å². The Kier molecular flexibility index (Phi) is 4.57. The van der Waals surface area contributed by atoms with E-state index < -0.39 is 0 Å². The van der Waals surface area contributed by atoms with Gasteiger partial charge in [-0.15, -0.1) is 0 Å². The molecule has 132 valence electrons. The molecule has 5 heteroatoms. The lowest BCUT2D eigenvalue weighted by Crippen LogP contribution is -2.49. The third kappa shape index (κ3) is 3.61. The number of fused-ring (bicyclic) bond motifs is 1. The van der Waals surface area contributed by atoms with Crippen molar-refractivity contribution in [3.63, 3.8) is 0 Å². The zero-order valence-electron chi connectivity index (χ0n) is 14.8. The summed E-state index contributed by atoms with van der Waals surface area (Å²) in [4.78, 5) is 19.7. The lowest BCUT2D eigenvalue weighted by Gasteiger charge is -2.29. The lowest BCUT2D eigenvalue weighted by atomic mass is 10.1. The van der Waals surface area contributed by atoms with Crippen LogP contribution in [0.1, 0.15) is 36.3 Å². The molecule has 0 saturated carbocycles. The van der Waals surface area contributed by atoms with Crippen LogP contribution in [-0.2, 0) is 24.3 Å². The Morgan fingerprint density at radius 3 is 2.96 bits per heavy atom. The molecule has 0 spiro atoms. The molecular weight excluding hydrogens is 312 g/mol. The average Bonchev–Trinajstić information content (AvgIpc) is 3.21. The first kappa shape index (κ1) is 16.3. The van der Waals surface area contributed by atoms with Gasteiger partial charge >= 0.3 is 0 Å². The van der Waals surface area contributed by atoms with Gasteiger partial charge < -0.3 is 9.88 Å². The Balaban J connectivity index is 1.37. The summed E-state index contributed by atoms with van der Waals surface area (Å²) in [6.45, 7) is 4.73. The molecule has 0 radical (unpaired) electrons. The second-order valence-corrected chi connectivity index (χ2v) is 7.31. The van der Waals surface area contributed by atoms with Gasteiger partial charge in [0.15, 0.2) is 0 Å². The summed E-state index contributed by atoms with van der Waals surface area (Å²) in [6.07, 6.45) is 6.07. The molecule has 1 aromatic carbocycles. The molecule has 2 aliphatic rings. The SMILES string of the molecule is Cc1cn2c(n1)CC[C@H](NC(=O)[C@@H]1CCCN1Cc1ccccc1)C2. The zero-order chi connectivity index (χ0) is 17.2. The number of imidazole rings is 1. The molecule has 0 bridgehead atoms. The van der Waals surface area contributed by atoms with Crippen molar-refractivity contribution < 1.29 is 4.79 Å². The minimum atomic E-state index is 0.00567. The maximum atomic E-state index is 12.9. The third-order valence-corrected chi connectivity index (χ3v) is 5.35. The van der Waals surface area contributed by atoms with Crippen LogP contribution in [0.15, 0.2) is 36.5 Å². The van der Waals surface area contributed by atoms with E-state index in [9.17, 15) is 4.79 Å². The molecule has 1 amide bonds. The second kappa shape index (κ2) is 7.00. The van der Waals surface area contributed by atoms with Crippen molar-refractivity contribution in [3.05, 3.63) is 53.6 Å². The van der Waals surface area contributed by atoms with Gasteiger partial charge in [-0.05, 0) is 38.3 Å². The molecule has 2 atom stereocenters. The molecule has 4 rings (SSSR count). The predicted octanol–water partition coefficient (Wildman–Crippen LogP) is 2.29. The van der Waals surface area contributed by atoms with E-state index in [0.717, 1.165) is 56.8 Å². The third-order valence-electron chi connectivity index (χ3n) is 5.35. The number of likely N-dealkylation sites (tertiary alicyclic amines) is 1. The van der Waals surface area contributed by atoms with Crippen molar-refractivity contribution in [2.45, 2.75) is 57.8 Å². The van der Waals surface area contributed by atoms with Crippen molar-refractivity contribution in [2.75, 3.05) is 6.54 Å². The number of hydrogen-bond acceptors (Lipinski definition) is 3. The predicted molar refractivity (Wildman–Crippen MR) is 97.1 cm³/mol. The Hall–Kier alpha value is -2.14. The van der Waals surface area contributed by atoms with Gasteiger partial charge in [0, 0.05) is 31.7 Å². The van der Waals surface area contributed by atoms with Crippen molar-refractivity contribution >= 4 is 5.91 Å². The summed E-state index contributed by atoms with van der Waals surface area (Å²) >= 11 is 0. The first-order valence-corrected chi connectivity index (χ1v) is 9.30. The highest BCUT2D eigenvalue weighted by atomic mass is 16.2. The van der Waals surface area contributed by atoms with Crippen LogP contribution in [0, 0.1) is 6.92 Å². The van der Waals surface area contributed by atoms with Gasteiger partial charge in [-0.25, -0.2) is 4.98 Å². The van der Waals surface area contributed by atoms with Gasteiger partial charge in [0.2, 0.25) is 5.91 Å². The molecule has 25 heavy (non-hydrogen) atoms. The number of carbonyl (C=O) groups excluding carboxylic acids is 1. The number of rotatable bonds is 4. The zero-order valence-corrected chi connectivity index (χ0v) is 14.8. The number of nitrogens with zero attached hydrogens (tertiary/aromatic N) is 3. The van der Waals surface area contributed by atoms with Gasteiger partial charge in [0.1, 0.15) is 5.82 Å². The molecule has 3 heterocycles. The number of nitrogens with one attached hydrogen (secondary N) is 1. The largest absolute Gasteiger partial charge is 0.350 e. The standard InChI is InChI=1S/C20H26N4O/c1-15-12-24-14-17(9-10-19(24)21-15)22-20(25)18-8-5-11-23(18)13-16-6-3-2-4-7-16/h2-4,6-7,12,17-18H,5,8-11,13-14H2,1H3,(H,22,25)/t17-,18-/m0/s1. The lowest BCUT2D eigenvalue weighted by molar-refractivity contribution is -0.126. The number of aromatic nitrogens is 2. The van der Waals surface area contributed by atoms with E-state index in [0.29, 0.717) is 0 Å². The van der Waals surface area contributed by atoms with Crippen molar-refractivity contribution in [1.82, 2.24) is 19.8 Å². The summed E-state index contributed by atoms with van der Waals surface area (Å²) in [5.74, 6) is 1.34. The number of aryl methyl sites for hydroxylation is 2. The number of benzene rings is 1. The Bertz CT molecular complexity index is 739. The highest BCUT2D eigenvalue weighted by molar-refractivity contribution is 5.82. The van der Waals surface area contributed by atoms with Crippen molar-refractivity contribution in [3.8, 4) is 0 Å². The molecular formula is C20H26N4O. The Morgan fingerprint density at radius 1 is 1.28 bits per heavy atom. The van der Waals surface area contributed by atoms with Crippen LogP contribution in [0.4, 0.5) is 0 Å². The fourth-order valence-electron chi connectivity index (χ4n) is 4.13. The number of carbonyl (C=O) groups is 1. The van der Waals surface area contributed by atoms with Crippen LogP contribution < -0.4 is 5.32 Å². The van der Waals surface area contributed by atoms with Crippen LogP contribution in [0.25, 0.3) is 0 Å². The Labute approximate surface area is 149 Å². The van der Waals surface area contributed by atoms with Crippen LogP contribution >= 0.6 is 0 Å². The summed E-state index contributed by atoms with van der Waals surface area (Å²) in [5, 5.41) is 3.30. The van der Waals surface area contributed by atoms with Gasteiger partial charge in [0.05, 0.1) is 11.7 Å². The number of amides is 1. The van der Waals surface area contributed by atoms with Gasteiger partial charge in [-0.1, -0.05) is 30.3 Å². The van der Waals surface area contributed by atoms with E-state index in [-0.39, 0.29) is 18.0 Å². The van der Waals surface area contributed by atoms with E-state index in [2.05, 4.69) is 50.2 Å². The number of hydrogen-bond donors (Lipinski definition) is 1. The summed E-state index contributed by atoms with van der Waals surface area (Å²) in [7, 11) is 0. The smallest absolute Gasteiger partial charge is 0.237 e. The van der Waals surface area contributed by atoms with Crippen LogP contribution in [-0.4, -0.2) is 39.0 Å². The Morgan fingerprint density at radius 2 is 2.12 bits per heavy atom. The molecule has 2 aliphatic heterocycles. The van der Waals surface area contributed by atoms with E-state index in [4.69, 9.17) is 0 Å². The van der Waals surface area contributed by atoms with Crippen molar-refractivity contribution in [1.29, 1.82) is 0 Å². The van der Waals surface area contributed by atoms with E-state index >= 15 is 0 Å². The van der Waals surface area contributed by atoms with E-state index in [1.165, 1.54) is 5.56 Å². The van der Waals surface area contributed by atoms with Crippen molar-refractivity contribution in [2.24, 2.45) is 0 Å². The summed E-state index contributed by atoms with van der Waals surface area (Å²) < 4.78 is 2.19. The quantitative estimate of drug-likeness (QED) is 0.930. The van der Waals surface area contributed by atoms with Gasteiger partial charge in [-0.2, -0.15) is 0 Å². The molecule has 1 fully saturated rings. The molecule has 1 aromatic heterocycles. The molecule has 1 N–H and O–H groups in total. The maximum Gasteiger partial charge on any atom is 0.237 e. The molecule has 5 nitrogen and oxygen atoms in total. The average molecular weight is 338 g/mol. The fraction of sp³-hybridized carbons (Fsp3) is 0.500. The van der Waals surface area contributed by atoms with Crippen LogP contribution in [0.3, 0.4) is 0 Å². The normalized spacial score (nSPS) is 23.4. The minimum Gasteiger partial charge on any atom is -0.350 e. The molecule has 0 unspecified atom stereocenters. The van der Waals surface area contributed by atoms with E-state index in [1.54, 1.807) is 0 Å². The summed E-state index contributed by atoms with van der Waals surface area (Å²) in [6, 6.07) is 10.7. The molecule has 0 aliphatic carbocycles. The minimum absolute atomic E-state index is 0.00567. The molecule has 1 saturated heterocycles. The monoisotopic (exact) mass is 338 g/mol. The summed E-state index contributed by atoms with van der Waals surface area (Å²) in [5.41, 5.74) is 2.34. The highest BCUT2D eigenvalue weighted by Crippen LogP contribution is 2.21. The first-order chi connectivity index (χ1) is 12.2. The van der Waals surface area contributed by atoms with Crippen LogP contribution in [0.2, 0.25) is 0 Å². The van der Waals surface area contributed by atoms with E-state index in [1.807, 2.05) is 13.0 Å². The fourth-order valence-corrected chi connectivity index (χ4v) is 4.13. The van der Waals surface area contributed by atoms with Gasteiger partial charge in [-0.3, -0.25) is 9.69 Å². The topological polar surface area (TPSA) is 50.2 Å². The second-order valence-electron chi connectivity index (χ2n) is 7.31. The maximum absolute atomic E-state index is 12.9.